The van der Waals surface area contributed by atoms with Gasteiger partial charge in [-0.05, 0) is 55.5 Å². The number of ether oxygens (including phenoxy) is 3. The number of thioether (sulfide) groups is 1. The van der Waals surface area contributed by atoms with Gasteiger partial charge in [-0.15, -0.1) is 0 Å². The van der Waals surface area contributed by atoms with Gasteiger partial charge in [0, 0.05) is 54.6 Å². The Balaban J connectivity index is 0.000000196. The van der Waals surface area contributed by atoms with Gasteiger partial charge in [-0.3, -0.25) is 9.44 Å². The van der Waals surface area contributed by atoms with Gasteiger partial charge in [0.2, 0.25) is 26.0 Å². The van der Waals surface area contributed by atoms with E-state index in [-0.39, 0.29) is 52.0 Å². The van der Waals surface area contributed by atoms with Gasteiger partial charge in [0.1, 0.15) is 11.6 Å². The van der Waals surface area contributed by atoms with E-state index in [1.807, 2.05) is 0 Å². The zero-order valence-electron chi connectivity index (χ0n) is 30.0. The molecular formula is C34H31F4N9O7S3. The van der Waals surface area contributed by atoms with Crippen LogP contribution in [0.25, 0.3) is 22.1 Å². The fourth-order valence-corrected chi connectivity index (χ4v) is 6.40. The van der Waals surface area contributed by atoms with Crippen LogP contribution in [0.1, 0.15) is 12.8 Å². The average Bonchev–Trinajstić information content (AvgIpc) is 3.13. The van der Waals surface area contributed by atoms with Gasteiger partial charge in [-0.25, -0.2) is 59.3 Å². The maximum atomic E-state index is 14.0. The van der Waals surface area contributed by atoms with Crippen LogP contribution in [0.5, 0.6) is 23.0 Å². The summed E-state index contributed by atoms with van der Waals surface area (Å²) in [6, 6.07) is 8.54. The topological polar surface area (TPSA) is 209 Å². The Morgan fingerprint density at radius 1 is 0.684 bits per heavy atom. The van der Waals surface area contributed by atoms with Crippen molar-refractivity contribution in [3.05, 3.63) is 84.2 Å². The number of anilines is 3. The third kappa shape index (κ3) is 11.2. The molecule has 0 saturated carbocycles. The van der Waals surface area contributed by atoms with Crippen molar-refractivity contribution in [3.63, 3.8) is 0 Å². The summed E-state index contributed by atoms with van der Waals surface area (Å²) in [5, 5.41) is 4.56. The van der Waals surface area contributed by atoms with Crippen molar-refractivity contribution in [3.8, 4) is 23.0 Å². The minimum absolute atomic E-state index is 0.0751. The molecule has 4 aromatic heterocycles. The first-order valence-electron chi connectivity index (χ1n) is 16.5. The standard InChI is InChI=1S/C19H19F2N5O4S.C15H12F2N4O3S2/c1-31(27,28)26-18-16(30-15-3-2-12(20)9-14(15)21)8-11-10-22-19(25-17(11)24-18)23-13-4-6-29-7-5-13;1-25-15-18-7-8-5-12(24-11-4-3-9(16)6-10(11)17)14(19-13(8)20-15)21-26(2,22)23/h2-3,8-10,13H,4-7H2,1H3,(H2,22,23,24,25,26);3-7H,1-2H3,(H,18,19,20,21). The van der Waals surface area contributed by atoms with Crippen LogP contribution in [0.2, 0.25) is 0 Å². The fourth-order valence-electron chi connectivity index (χ4n) is 5.07. The van der Waals surface area contributed by atoms with Crippen LogP contribution < -0.4 is 24.2 Å². The van der Waals surface area contributed by atoms with E-state index in [0.717, 1.165) is 49.6 Å². The van der Waals surface area contributed by atoms with Gasteiger partial charge >= 0.3 is 0 Å². The first-order chi connectivity index (χ1) is 27.0. The molecule has 57 heavy (non-hydrogen) atoms. The van der Waals surface area contributed by atoms with Crippen LogP contribution in [-0.4, -0.2) is 84.8 Å². The van der Waals surface area contributed by atoms with Gasteiger partial charge in [0.15, 0.2) is 62.7 Å². The monoisotopic (exact) mass is 849 g/mol. The van der Waals surface area contributed by atoms with Gasteiger partial charge in [-0.2, -0.15) is 4.98 Å². The molecule has 0 atom stereocenters. The molecule has 0 spiro atoms. The first kappa shape index (κ1) is 41.0. The van der Waals surface area contributed by atoms with Crippen LogP contribution in [0.3, 0.4) is 0 Å². The molecule has 0 amide bonds. The minimum Gasteiger partial charge on any atom is -0.450 e. The van der Waals surface area contributed by atoms with Crippen LogP contribution in [0.15, 0.2) is 66.1 Å². The van der Waals surface area contributed by atoms with Crippen molar-refractivity contribution in [1.29, 1.82) is 0 Å². The summed E-state index contributed by atoms with van der Waals surface area (Å²) in [6.07, 6.45) is 8.27. The molecular weight excluding hydrogens is 819 g/mol. The van der Waals surface area contributed by atoms with Crippen molar-refractivity contribution < 1.29 is 48.6 Å². The summed E-state index contributed by atoms with van der Waals surface area (Å²) in [5.74, 6) is -4.18. The molecule has 16 nitrogen and oxygen atoms in total. The van der Waals surface area contributed by atoms with E-state index in [0.29, 0.717) is 47.2 Å². The van der Waals surface area contributed by atoms with E-state index in [4.69, 9.17) is 14.2 Å². The lowest BCUT2D eigenvalue weighted by Gasteiger charge is -2.23. The van der Waals surface area contributed by atoms with E-state index in [1.54, 1.807) is 6.26 Å². The van der Waals surface area contributed by atoms with Crippen molar-refractivity contribution in [2.45, 2.75) is 24.0 Å². The van der Waals surface area contributed by atoms with E-state index in [9.17, 15) is 34.4 Å². The van der Waals surface area contributed by atoms with Crippen molar-refractivity contribution >= 4 is 71.5 Å². The van der Waals surface area contributed by atoms with Gasteiger partial charge in [-0.1, -0.05) is 11.8 Å². The number of pyridine rings is 2. The Hall–Kier alpha value is -5.65. The zero-order chi connectivity index (χ0) is 40.9. The summed E-state index contributed by atoms with van der Waals surface area (Å²) in [6.45, 7) is 1.29. The SMILES string of the molecule is CS(=O)(=O)Nc1nc2nc(NC3CCOCC3)ncc2cc1Oc1ccc(F)cc1F.CSc1ncc2cc(Oc3ccc(F)cc3F)c(NS(C)(=O)=O)nc2n1. The maximum Gasteiger partial charge on any atom is 0.231 e. The summed E-state index contributed by atoms with van der Waals surface area (Å²) in [7, 11) is -7.42. The molecule has 1 saturated heterocycles. The van der Waals surface area contributed by atoms with Crippen LogP contribution in [0, 0.1) is 23.3 Å². The predicted octanol–water partition coefficient (Wildman–Crippen LogP) is 6.25. The van der Waals surface area contributed by atoms with E-state index < -0.39 is 43.3 Å². The van der Waals surface area contributed by atoms with Crippen LogP contribution in [0.4, 0.5) is 35.1 Å². The second-order valence-corrected chi connectivity index (χ2v) is 16.4. The second kappa shape index (κ2) is 17.2. The number of nitrogens with one attached hydrogen (secondary N) is 3. The Labute approximate surface area is 327 Å². The highest BCUT2D eigenvalue weighted by Gasteiger charge is 2.20. The summed E-state index contributed by atoms with van der Waals surface area (Å²) in [4.78, 5) is 25.3. The smallest absolute Gasteiger partial charge is 0.231 e. The van der Waals surface area contributed by atoms with Crippen LogP contribution >= 0.6 is 11.8 Å². The molecule has 0 radical (unpaired) electrons. The Kier molecular flexibility index (Phi) is 12.4. The molecule has 1 fully saturated rings. The quantitative estimate of drug-likeness (QED) is 0.0748. The average molecular weight is 850 g/mol. The number of nitrogens with zero attached hydrogens (tertiary/aromatic N) is 6. The number of hydrogen-bond acceptors (Lipinski definition) is 15. The van der Waals surface area contributed by atoms with E-state index in [1.165, 1.54) is 36.3 Å². The lowest BCUT2D eigenvalue weighted by molar-refractivity contribution is 0.0903. The number of aromatic nitrogens is 6. The van der Waals surface area contributed by atoms with Gasteiger partial charge < -0.3 is 19.5 Å². The van der Waals surface area contributed by atoms with Crippen molar-refractivity contribution in [1.82, 2.24) is 29.9 Å². The van der Waals surface area contributed by atoms with E-state index in [2.05, 4.69) is 44.7 Å². The first-order valence-corrected chi connectivity index (χ1v) is 21.5. The lowest BCUT2D eigenvalue weighted by Crippen LogP contribution is -2.28. The number of fused-ring (bicyclic) bond motifs is 2. The maximum absolute atomic E-state index is 14.0. The zero-order valence-corrected chi connectivity index (χ0v) is 32.4. The number of sulfonamides is 2. The molecule has 300 valence electrons. The molecule has 23 heteroatoms. The normalized spacial score (nSPS) is 13.5. The van der Waals surface area contributed by atoms with Gasteiger partial charge in [0.25, 0.3) is 0 Å². The van der Waals surface area contributed by atoms with E-state index >= 15 is 0 Å². The molecule has 6 aromatic rings. The highest BCUT2D eigenvalue weighted by Crippen LogP contribution is 2.35. The molecule has 7 rings (SSSR count). The largest absolute Gasteiger partial charge is 0.450 e. The van der Waals surface area contributed by atoms with Crippen molar-refractivity contribution in [2.24, 2.45) is 0 Å². The highest BCUT2D eigenvalue weighted by molar-refractivity contribution is 7.98. The fraction of sp³-hybridized carbons (Fsp3) is 0.235. The molecule has 1 aliphatic rings. The molecule has 0 aliphatic carbocycles. The molecule has 2 aromatic carbocycles. The molecule has 1 aliphatic heterocycles. The third-order valence-corrected chi connectivity index (χ3v) is 9.26. The Morgan fingerprint density at radius 2 is 1.18 bits per heavy atom. The molecule has 5 heterocycles. The number of rotatable bonds is 11. The Bertz CT molecular complexity index is 2680. The highest BCUT2D eigenvalue weighted by atomic mass is 32.2. The predicted molar refractivity (Wildman–Crippen MR) is 204 cm³/mol. The molecule has 3 N–H and O–H groups in total. The van der Waals surface area contributed by atoms with Gasteiger partial charge in [0.05, 0.1) is 12.5 Å². The Morgan fingerprint density at radius 3 is 1.65 bits per heavy atom. The summed E-state index contributed by atoms with van der Waals surface area (Å²) in [5.41, 5.74) is 0.449. The summed E-state index contributed by atoms with van der Waals surface area (Å²) >= 11 is 1.30. The molecule has 0 unspecified atom stereocenters. The number of halogens is 4. The third-order valence-electron chi connectivity index (χ3n) is 7.57. The lowest BCUT2D eigenvalue weighted by atomic mass is 10.1. The second-order valence-electron chi connectivity index (χ2n) is 12.2. The molecule has 0 bridgehead atoms. The number of hydrogen-bond donors (Lipinski definition) is 3. The minimum atomic E-state index is -3.73. The number of benzene rings is 2. The van der Waals surface area contributed by atoms with Crippen molar-refractivity contribution in [2.75, 3.05) is 46.7 Å². The van der Waals surface area contributed by atoms with Crippen LogP contribution in [-0.2, 0) is 24.8 Å². The summed E-state index contributed by atoms with van der Waals surface area (Å²) < 4.78 is 122.